The zero-order chi connectivity index (χ0) is 13.4. The molecule has 0 aromatic carbocycles. The van der Waals surface area contributed by atoms with Gasteiger partial charge in [-0.3, -0.25) is 0 Å². The molecule has 0 radical (unpaired) electrons. The Balaban J connectivity index is 1.85. The second-order valence-electron chi connectivity index (χ2n) is 5.25. The number of hydrogen-bond acceptors (Lipinski definition) is 4. The largest absolute Gasteiger partial charge is 0.382 e. The van der Waals surface area contributed by atoms with Gasteiger partial charge in [0.1, 0.15) is 0 Å². The molecule has 1 aliphatic rings. The van der Waals surface area contributed by atoms with Gasteiger partial charge in [-0.15, -0.1) is 11.6 Å². The molecule has 0 aliphatic heterocycles. The van der Waals surface area contributed by atoms with Gasteiger partial charge in [-0.25, -0.2) is 0 Å². The minimum absolute atomic E-state index is 0.199. The average Bonchev–Trinajstić information content (AvgIpc) is 2.35. The van der Waals surface area contributed by atoms with Crippen LogP contribution in [-0.2, 0) is 14.2 Å². The third-order valence-corrected chi connectivity index (χ3v) is 4.33. The van der Waals surface area contributed by atoms with Crippen molar-refractivity contribution in [1.29, 1.82) is 0 Å². The summed E-state index contributed by atoms with van der Waals surface area (Å²) in [6.45, 7) is 8.53. The fraction of sp³-hybridized carbons (Fsp3) is 1.00. The molecule has 1 aliphatic carbocycles. The summed E-state index contributed by atoms with van der Waals surface area (Å²) in [4.78, 5) is 0. The highest BCUT2D eigenvalue weighted by Gasteiger charge is 2.46. The second kappa shape index (κ2) is 8.33. The van der Waals surface area contributed by atoms with E-state index in [1.807, 2.05) is 0 Å². The van der Waals surface area contributed by atoms with Crippen LogP contribution in [0.5, 0.6) is 0 Å². The molecule has 0 amide bonds. The Hall–Kier alpha value is 0.130. The predicted octanol–water partition coefficient (Wildman–Crippen LogP) is 1.66. The van der Waals surface area contributed by atoms with Gasteiger partial charge >= 0.3 is 0 Å². The van der Waals surface area contributed by atoms with Gasteiger partial charge < -0.3 is 19.5 Å². The van der Waals surface area contributed by atoms with Crippen molar-refractivity contribution < 1.29 is 14.2 Å². The fourth-order valence-corrected chi connectivity index (χ4v) is 2.32. The van der Waals surface area contributed by atoms with E-state index in [4.69, 9.17) is 25.8 Å². The monoisotopic (exact) mass is 279 g/mol. The van der Waals surface area contributed by atoms with Gasteiger partial charge in [-0.2, -0.15) is 0 Å². The molecular formula is C13H26ClNO3. The van der Waals surface area contributed by atoms with E-state index in [1.165, 1.54) is 0 Å². The Bertz CT molecular complexity index is 226. The van der Waals surface area contributed by atoms with Gasteiger partial charge in [-0.05, 0) is 11.8 Å². The topological polar surface area (TPSA) is 39.7 Å². The van der Waals surface area contributed by atoms with Crippen molar-refractivity contribution in [3.05, 3.63) is 0 Å². The third-order valence-electron chi connectivity index (χ3n) is 3.59. The van der Waals surface area contributed by atoms with Crippen molar-refractivity contribution in [2.45, 2.75) is 31.7 Å². The molecule has 0 bridgehead atoms. The van der Waals surface area contributed by atoms with Crippen LogP contribution in [0.25, 0.3) is 0 Å². The molecule has 0 heterocycles. The van der Waals surface area contributed by atoms with E-state index >= 15 is 0 Å². The molecule has 0 aromatic rings. The molecule has 0 saturated heterocycles. The zero-order valence-corrected chi connectivity index (χ0v) is 12.5. The molecule has 18 heavy (non-hydrogen) atoms. The maximum atomic E-state index is 6.16. The normalized spacial score (nSPS) is 26.0. The second-order valence-corrected chi connectivity index (χ2v) is 5.78. The standard InChI is InChI=1S/C13H26ClNO3/c1-13(2)11(14)10-12(13)15-4-5-17-8-9-18-7-6-16-3/h11-12,15H,4-10H2,1-3H3. The van der Waals surface area contributed by atoms with Crippen molar-refractivity contribution in [2.24, 2.45) is 5.41 Å². The number of alkyl halides is 1. The SMILES string of the molecule is COCCOCCOCCNC1CC(Cl)C1(C)C. The van der Waals surface area contributed by atoms with Crippen molar-refractivity contribution in [1.82, 2.24) is 5.32 Å². The van der Waals surface area contributed by atoms with E-state index in [0.29, 0.717) is 44.5 Å². The van der Waals surface area contributed by atoms with Crippen LogP contribution in [0, 0.1) is 5.41 Å². The Morgan fingerprint density at radius 3 is 2.28 bits per heavy atom. The van der Waals surface area contributed by atoms with E-state index in [0.717, 1.165) is 13.0 Å². The van der Waals surface area contributed by atoms with Crippen LogP contribution in [-0.4, -0.2) is 58.1 Å². The van der Waals surface area contributed by atoms with Gasteiger partial charge in [0.2, 0.25) is 0 Å². The summed E-state index contributed by atoms with van der Waals surface area (Å²) in [6.07, 6.45) is 1.05. The molecule has 108 valence electrons. The Morgan fingerprint density at radius 2 is 1.72 bits per heavy atom. The van der Waals surface area contributed by atoms with Crippen LogP contribution in [0.1, 0.15) is 20.3 Å². The van der Waals surface area contributed by atoms with E-state index in [9.17, 15) is 0 Å². The number of halogens is 1. The molecule has 2 unspecified atom stereocenters. The van der Waals surface area contributed by atoms with Crippen molar-refractivity contribution >= 4 is 11.6 Å². The molecule has 0 spiro atoms. The van der Waals surface area contributed by atoms with Crippen LogP contribution in [0.3, 0.4) is 0 Å². The first kappa shape index (κ1) is 16.2. The van der Waals surface area contributed by atoms with Crippen LogP contribution in [0.2, 0.25) is 0 Å². The first-order valence-electron chi connectivity index (χ1n) is 6.61. The summed E-state index contributed by atoms with van der Waals surface area (Å²) in [5.41, 5.74) is 0.199. The van der Waals surface area contributed by atoms with Crippen molar-refractivity contribution in [3.8, 4) is 0 Å². The lowest BCUT2D eigenvalue weighted by atomic mass is 9.67. The van der Waals surface area contributed by atoms with Gasteiger partial charge in [-0.1, -0.05) is 13.8 Å². The number of rotatable bonds is 10. The molecule has 1 N–H and O–H groups in total. The van der Waals surface area contributed by atoms with E-state index in [-0.39, 0.29) is 5.41 Å². The fourth-order valence-electron chi connectivity index (χ4n) is 1.99. The van der Waals surface area contributed by atoms with Crippen LogP contribution in [0.4, 0.5) is 0 Å². The summed E-state index contributed by atoms with van der Waals surface area (Å²) >= 11 is 6.16. The highest BCUT2D eigenvalue weighted by Crippen LogP contribution is 2.44. The Morgan fingerprint density at radius 1 is 1.11 bits per heavy atom. The summed E-state index contributed by atoms with van der Waals surface area (Å²) in [7, 11) is 1.67. The lowest BCUT2D eigenvalue weighted by Crippen LogP contribution is -2.58. The Labute approximate surface area is 115 Å². The number of ether oxygens (including phenoxy) is 3. The Kier molecular flexibility index (Phi) is 7.49. The predicted molar refractivity (Wildman–Crippen MR) is 73.3 cm³/mol. The van der Waals surface area contributed by atoms with E-state index in [1.54, 1.807) is 7.11 Å². The van der Waals surface area contributed by atoms with Crippen LogP contribution < -0.4 is 5.32 Å². The first-order chi connectivity index (χ1) is 8.59. The van der Waals surface area contributed by atoms with Gasteiger partial charge in [0.15, 0.2) is 0 Å². The molecule has 1 fully saturated rings. The molecule has 1 saturated carbocycles. The zero-order valence-electron chi connectivity index (χ0n) is 11.7. The molecule has 0 aromatic heterocycles. The van der Waals surface area contributed by atoms with Crippen molar-refractivity contribution in [2.75, 3.05) is 46.7 Å². The quantitative estimate of drug-likeness (QED) is 0.488. The summed E-state index contributed by atoms with van der Waals surface area (Å²) in [5.74, 6) is 0. The number of hydrogen-bond donors (Lipinski definition) is 1. The van der Waals surface area contributed by atoms with Crippen LogP contribution >= 0.6 is 11.6 Å². The molecule has 5 heteroatoms. The highest BCUT2D eigenvalue weighted by atomic mass is 35.5. The number of nitrogens with one attached hydrogen (secondary N) is 1. The molecule has 2 atom stereocenters. The van der Waals surface area contributed by atoms with Crippen molar-refractivity contribution in [3.63, 3.8) is 0 Å². The third kappa shape index (κ3) is 5.02. The lowest BCUT2D eigenvalue weighted by Gasteiger charge is -2.49. The van der Waals surface area contributed by atoms with E-state index in [2.05, 4.69) is 19.2 Å². The van der Waals surface area contributed by atoms with Gasteiger partial charge in [0.25, 0.3) is 0 Å². The average molecular weight is 280 g/mol. The first-order valence-corrected chi connectivity index (χ1v) is 7.04. The van der Waals surface area contributed by atoms with E-state index < -0.39 is 0 Å². The lowest BCUT2D eigenvalue weighted by molar-refractivity contribution is 0.0225. The summed E-state index contributed by atoms with van der Waals surface area (Å²) in [5, 5.41) is 3.78. The maximum absolute atomic E-state index is 6.16. The molecule has 4 nitrogen and oxygen atoms in total. The highest BCUT2D eigenvalue weighted by molar-refractivity contribution is 6.21. The minimum atomic E-state index is 0.199. The summed E-state index contributed by atoms with van der Waals surface area (Å²) < 4.78 is 15.6. The summed E-state index contributed by atoms with van der Waals surface area (Å²) in [6, 6.07) is 0.515. The number of methoxy groups -OCH3 is 1. The minimum Gasteiger partial charge on any atom is -0.382 e. The smallest absolute Gasteiger partial charge is 0.0701 e. The molecular weight excluding hydrogens is 254 g/mol. The van der Waals surface area contributed by atoms with Gasteiger partial charge in [0, 0.05) is 25.1 Å². The maximum Gasteiger partial charge on any atom is 0.0701 e. The van der Waals surface area contributed by atoms with Crippen LogP contribution in [0.15, 0.2) is 0 Å². The molecule has 1 rings (SSSR count). The van der Waals surface area contributed by atoms with Gasteiger partial charge in [0.05, 0.1) is 33.0 Å².